The predicted octanol–water partition coefficient (Wildman–Crippen LogP) is 3.97. The molecular formula is C17H20F2N2. The van der Waals surface area contributed by atoms with Crippen LogP contribution >= 0.6 is 0 Å². The van der Waals surface area contributed by atoms with Crippen LogP contribution in [0.3, 0.4) is 0 Å². The molecule has 0 heterocycles. The highest BCUT2D eigenvalue weighted by Crippen LogP contribution is 2.24. The second-order valence-electron chi connectivity index (χ2n) is 5.06. The molecule has 2 aromatic rings. The number of alkyl halides is 2. The fourth-order valence-corrected chi connectivity index (χ4v) is 2.35. The molecule has 2 unspecified atom stereocenters. The van der Waals surface area contributed by atoms with E-state index in [-0.39, 0.29) is 17.6 Å². The highest BCUT2D eigenvalue weighted by atomic mass is 19.3. The smallest absolute Gasteiger partial charge is 0.263 e. The van der Waals surface area contributed by atoms with Crippen LogP contribution in [-0.4, -0.2) is 6.54 Å². The van der Waals surface area contributed by atoms with Crippen LogP contribution in [0.15, 0.2) is 54.6 Å². The number of hydrogen-bond donors (Lipinski definition) is 2. The molecule has 0 aliphatic heterocycles. The summed E-state index contributed by atoms with van der Waals surface area (Å²) in [4.78, 5) is 0. The molecule has 0 aliphatic rings. The SMILES string of the molecule is CC(NC(CN)c1cccc(C(F)F)c1)c1ccccc1. The molecule has 0 spiro atoms. The molecule has 0 saturated carbocycles. The van der Waals surface area contributed by atoms with E-state index in [1.54, 1.807) is 6.07 Å². The summed E-state index contributed by atoms with van der Waals surface area (Å²) in [6.45, 7) is 2.39. The maximum Gasteiger partial charge on any atom is 0.263 e. The Hall–Kier alpha value is -1.78. The van der Waals surface area contributed by atoms with E-state index in [0.717, 1.165) is 11.1 Å². The van der Waals surface area contributed by atoms with Crippen molar-refractivity contribution in [3.05, 3.63) is 71.3 Å². The first kappa shape index (κ1) is 15.6. The Kier molecular flexibility index (Phi) is 5.42. The molecule has 2 nitrogen and oxygen atoms in total. The van der Waals surface area contributed by atoms with Crippen molar-refractivity contribution in [1.29, 1.82) is 0 Å². The summed E-state index contributed by atoms with van der Waals surface area (Å²) >= 11 is 0. The topological polar surface area (TPSA) is 38.0 Å². The molecule has 4 heteroatoms. The molecule has 0 aliphatic carbocycles. The molecule has 2 atom stereocenters. The molecular weight excluding hydrogens is 270 g/mol. The standard InChI is InChI=1S/C17H20F2N2/c1-12(13-6-3-2-4-7-13)21-16(11-20)14-8-5-9-15(10-14)17(18)19/h2-10,12,16-17,21H,11,20H2,1H3. The lowest BCUT2D eigenvalue weighted by Crippen LogP contribution is -2.30. The summed E-state index contributed by atoms with van der Waals surface area (Å²) in [6, 6.07) is 16.3. The molecule has 2 aromatic carbocycles. The summed E-state index contributed by atoms with van der Waals surface area (Å²) in [7, 11) is 0. The third kappa shape index (κ3) is 4.09. The summed E-state index contributed by atoms with van der Waals surface area (Å²) in [5, 5.41) is 3.40. The Balaban J connectivity index is 2.14. The van der Waals surface area contributed by atoms with Gasteiger partial charge in [0, 0.05) is 24.2 Å². The molecule has 0 aromatic heterocycles. The van der Waals surface area contributed by atoms with Gasteiger partial charge in [-0.05, 0) is 24.1 Å². The zero-order valence-corrected chi connectivity index (χ0v) is 12.0. The van der Waals surface area contributed by atoms with E-state index >= 15 is 0 Å². The van der Waals surface area contributed by atoms with Gasteiger partial charge in [-0.3, -0.25) is 0 Å². The second kappa shape index (κ2) is 7.29. The van der Waals surface area contributed by atoms with E-state index in [4.69, 9.17) is 5.73 Å². The lowest BCUT2D eigenvalue weighted by molar-refractivity contribution is 0.151. The van der Waals surface area contributed by atoms with Crippen LogP contribution in [0.4, 0.5) is 8.78 Å². The Morgan fingerprint density at radius 1 is 0.952 bits per heavy atom. The van der Waals surface area contributed by atoms with Gasteiger partial charge < -0.3 is 11.1 Å². The highest BCUT2D eigenvalue weighted by Gasteiger charge is 2.16. The van der Waals surface area contributed by atoms with Crippen molar-refractivity contribution in [2.24, 2.45) is 5.73 Å². The second-order valence-corrected chi connectivity index (χ2v) is 5.06. The van der Waals surface area contributed by atoms with Gasteiger partial charge in [0.2, 0.25) is 0 Å². The number of nitrogens with one attached hydrogen (secondary N) is 1. The van der Waals surface area contributed by atoms with E-state index in [9.17, 15) is 8.78 Å². The van der Waals surface area contributed by atoms with Crippen LogP contribution < -0.4 is 11.1 Å². The molecule has 0 bridgehead atoms. The summed E-state index contributed by atoms with van der Waals surface area (Å²) < 4.78 is 25.6. The van der Waals surface area contributed by atoms with E-state index in [1.165, 1.54) is 12.1 Å². The van der Waals surface area contributed by atoms with Crippen LogP contribution in [0.25, 0.3) is 0 Å². The number of halogens is 2. The fraction of sp³-hybridized carbons (Fsp3) is 0.294. The first-order valence-electron chi connectivity index (χ1n) is 7.01. The van der Waals surface area contributed by atoms with Crippen molar-refractivity contribution in [3.63, 3.8) is 0 Å². The van der Waals surface area contributed by atoms with Crippen molar-refractivity contribution in [1.82, 2.24) is 5.32 Å². The summed E-state index contributed by atoms with van der Waals surface area (Å²) in [5.74, 6) is 0. The normalized spacial score (nSPS) is 14.1. The Morgan fingerprint density at radius 2 is 1.57 bits per heavy atom. The van der Waals surface area contributed by atoms with Gasteiger partial charge in [-0.25, -0.2) is 8.78 Å². The van der Waals surface area contributed by atoms with Crippen LogP contribution in [0.5, 0.6) is 0 Å². The quantitative estimate of drug-likeness (QED) is 0.844. The largest absolute Gasteiger partial charge is 0.329 e. The van der Waals surface area contributed by atoms with Crippen LogP contribution in [0.1, 0.15) is 42.1 Å². The minimum absolute atomic E-state index is 0.0279. The van der Waals surface area contributed by atoms with E-state index < -0.39 is 6.43 Å². The van der Waals surface area contributed by atoms with Crippen LogP contribution in [-0.2, 0) is 0 Å². The molecule has 2 rings (SSSR count). The van der Waals surface area contributed by atoms with Gasteiger partial charge in [0.05, 0.1) is 0 Å². The summed E-state index contributed by atoms with van der Waals surface area (Å²) in [6.07, 6.45) is -2.46. The Labute approximate surface area is 124 Å². The average Bonchev–Trinajstić information content (AvgIpc) is 2.53. The predicted molar refractivity (Wildman–Crippen MR) is 81.2 cm³/mol. The van der Waals surface area contributed by atoms with Gasteiger partial charge in [-0.15, -0.1) is 0 Å². The molecule has 0 radical (unpaired) electrons. The average molecular weight is 290 g/mol. The van der Waals surface area contributed by atoms with Crippen LogP contribution in [0, 0.1) is 0 Å². The van der Waals surface area contributed by atoms with Gasteiger partial charge in [0.1, 0.15) is 0 Å². The first-order chi connectivity index (χ1) is 10.1. The van der Waals surface area contributed by atoms with Crippen molar-refractivity contribution < 1.29 is 8.78 Å². The maximum atomic E-state index is 12.8. The number of nitrogens with two attached hydrogens (primary N) is 1. The lowest BCUT2D eigenvalue weighted by atomic mass is 10.0. The van der Waals surface area contributed by atoms with E-state index in [0.29, 0.717) is 6.54 Å². The van der Waals surface area contributed by atoms with Crippen molar-refractivity contribution in [3.8, 4) is 0 Å². The number of benzene rings is 2. The minimum Gasteiger partial charge on any atom is -0.329 e. The number of rotatable bonds is 6. The lowest BCUT2D eigenvalue weighted by Gasteiger charge is -2.23. The van der Waals surface area contributed by atoms with Gasteiger partial charge in [0.25, 0.3) is 6.43 Å². The summed E-state index contributed by atoms with van der Waals surface area (Å²) in [5.41, 5.74) is 7.76. The maximum absolute atomic E-state index is 12.8. The van der Waals surface area contributed by atoms with Crippen molar-refractivity contribution in [2.75, 3.05) is 6.54 Å². The Morgan fingerprint density at radius 3 is 2.19 bits per heavy atom. The molecule has 112 valence electrons. The van der Waals surface area contributed by atoms with Gasteiger partial charge >= 0.3 is 0 Å². The molecule has 3 N–H and O–H groups in total. The third-order valence-electron chi connectivity index (χ3n) is 3.55. The van der Waals surface area contributed by atoms with Crippen molar-refractivity contribution in [2.45, 2.75) is 25.4 Å². The van der Waals surface area contributed by atoms with Gasteiger partial charge in [-0.2, -0.15) is 0 Å². The van der Waals surface area contributed by atoms with E-state index in [1.807, 2.05) is 43.3 Å². The Bertz CT molecular complexity index is 558. The zero-order valence-electron chi connectivity index (χ0n) is 12.0. The third-order valence-corrected chi connectivity index (χ3v) is 3.55. The van der Waals surface area contributed by atoms with Gasteiger partial charge in [-0.1, -0.05) is 48.5 Å². The monoisotopic (exact) mass is 290 g/mol. The molecule has 0 amide bonds. The highest BCUT2D eigenvalue weighted by molar-refractivity contribution is 5.28. The fourth-order valence-electron chi connectivity index (χ4n) is 2.35. The van der Waals surface area contributed by atoms with Crippen molar-refractivity contribution >= 4 is 0 Å². The first-order valence-corrected chi connectivity index (χ1v) is 7.01. The molecule has 0 saturated heterocycles. The van der Waals surface area contributed by atoms with Crippen LogP contribution in [0.2, 0.25) is 0 Å². The van der Waals surface area contributed by atoms with E-state index in [2.05, 4.69) is 5.32 Å². The molecule has 0 fully saturated rings. The number of hydrogen-bond acceptors (Lipinski definition) is 2. The zero-order chi connectivity index (χ0) is 15.2. The minimum atomic E-state index is -2.46. The van der Waals surface area contributed by atoms with Gasteiger partial charge in [0.15, 0.2) is 0 Å². The molecule has 21 heavy (non-hydrogen) atoms.